The van der Waals surface area contributed by atoms with E-state index >= 15 is 0 Å². The van der Waals surface area contributed by atoms with E-state index in [-0.39, 0.29) is 24.1 Å². The zero-order valence-corrected chi connectivity index (χ0v) is 15.6. The number of nitro groups is 1. The lowest BCUT2D eigenvalue weighted by Gasteiger charge is -2.17. The third-order valence-electron chi connectivity index (χ3n) is 4.65. The Bertz CT molecular complexity index is 1150. The minimum Gasteiger partial charge on any atom is -0.473 e. The molecule has 1 aromatic heterocycles. The molecule has 0 N–H and O–H groups in total. The molecule has 1 aliphatic heterocycles. The highest BCUT2D eigenvalue weighted by atomic mass is 32.2. The molecule has 0 amide bonds. The van der Waals surface area contributed by atoms with Crippen molar-refractivity contribution >= 4 is 26.6 Å². The van der Waals surface area contributed by atoms with Crippen LogP contribution in [0.2, 0.25) is 0 Å². The summed E-state index contributed by atoms with van der Waals surface area (Å²) >= 11 is 0. The highest BCUT2D eigenvalue weighted by molar-refractivity contribution is 7.89. The molecule has 1 aliphatic rings. The Balaban J connectivity index is 1.52. The molecule has 0 bridgehead atoms. The summed E-state index contributed by atoms with van der Waals surface area (Å²) in [5, 5.41) is 12.2. The van der Waals surface area contributed by atoms with Gasteiger partial charge in [0.15, 0.2) is 4.90 Å². The van der Waals surface area contributed by atoms with Crippen molar-refractivity contribution < 1.29 is 18.1 Å². The van der Waals surface area contributed by atoms with Crippen molar-refractivity contribution in [2.75, 3.05) is 13.1 Å². The Labute approximate surface area is 161 Å². The van der Waals surface area contributed by atoms with E-state index < -0.39 is 20.6 Å². The summed E-state index contributed by atoms with van der Waals surface area (Å²) in [6.07, 6.45) is 0.111. The molecule has 0 spiro atoms. The zero-order chi connectivity index (χ0) is 19.7. The van der Waals surface area contributed by atoms with Crippen LogP contribution in [0, 0.1) is 10.1 Å². The SMILES string of the molecule is O=[N+]([O-])c1ccccc1S(=O)(=O)N1CCC(Oc2ccc3ccccc3n2)C1. The van der Waals surface area contributed by atoms with Crippen LogP contribution in [0.4, 0.5) is 5.69 Å². The number of aromatic nitrogens is 1. The van der Waals surface area contributed by atoms with Gasteiger partial charge in [-0.25, -0.2) is 13.4 Å². The van der Waals surface area contributed by atoms with Gasteiger partial charge in [-0.3, -0.25) is 10.1 Å². The van der Waals surface area contributed by atoms with Gasteiger partial charge in [0.2, 0.25) is 15.9 Å². The molecule has 144 valence electrons. The van der Waals surface area contributed by atoms with Crippen LogP contribution in [0.25, 0.3) is 10.9 Å². The Hall–Kier alpha value is -3.04. The van der Waals surface area contributed by atoms with Gasteiger partial charge in [-0.2, -0.15) is 4.31 Å². The molecular weight excluding hydrogens is 382 g/mol. The van der Waals surface area contributed by atoms with Crippen LogP contribution in [-0.4, -0.2) is 41.8 Å². The van der Waals surface area contributed by atoms with Crippen molar-refractivity contribution in [3.05, 3.63) is 70.8 Å². The number of ether oxygens (including phenoxy) is 1. The van der Waals surface area contributed by atoms with E-state index in [1.54, 1.807) is 6.07 Å². The van der Waals surface area contributed by atoms with Crippen LogP contribution in [-0.2, 0) is 10.0 Å². The van der Waals surface area contributed by atoms with Crippen LogP contribution in [0.3, 0.4) is 0 Å². The number of para-hydroxylation sites is 2. The van der Waals surface area contributed by atoms with E-state index in [4.69, 9.17) is 4.74 Å². The normalized spacial score (nSPS) is 17.6. The minimum absolute atomic E-state index is 0.114. The summed E-state index contributed by atoms with van der Waals surface area (Å²) in [7, 11) is -3.98. The summed E-state index contributed by atoms with van der Waals surface area (Å²) in [4.78, 5) is 14.6. The highest BCUT2D eigenvalue weighted by Crippen LogP contribution is 2.29. The molecule has 28 heavy (non-hydrogen) atoms. The van der Waals surface area contributed by atoms with E-state index in [1.165, 1.54) is 28.6 Å². The van der Waals surface area contributed by atoms with Gasteiger partial charge in [-0.15, -0.1) is 0 Å². The summed E-state index contributed by atoms with van der Waals surface area (Å²) in [5.41, 5.74) is 0.366. The van der Waals surface area contributed by atoms with Gasteiger partial charge in [0.1, 0.15) is 6.10 Å². The van der Waals surface area contributed by atoms with E-state index in [1.807, 2.05) is 30.3 Å². The van der Waals surface area contributed by atoms with Crippen molar-refractivity contribution in [1.82, 2.24) is 9.29 Å². The molecule has 1 saturated heterocycles. The molecule has 1 unspecified atom stereocenters. The van der Waals surface area contributed by atoms with Gasteiger partial charge in [-0.05, 0) is 24.6 Å². The molecule has 0 radical (unpaired) electrons. The topological polar surface area (TPSA) is 103 Å². The molecule has 0 saturated carbocycles. The predicted octanol–water partition coefficient (Wildman–Crippen LogP) is 2.99. The van der Waals surface area contributed by atoms with Crippen LogP contribution >= 0.6 is 0 Å². The molecule has 4 rings (SSSR count). The van der Waals surface area contributed by atoms with E-state index in [0.29, 0.717) is 12.3 Å². The second-order valence-corrected chi connectivity index (χ2v) is 8.36. The maximum absolute atomic E-state index is 12.9. The third-order valence-corrected chi connectivity index (χ3v) is 6.56. The first-order valence-electron chi connectivity index (χ1n) is 8.71. The number of hydrogen-bond acceptors (Lipinski definition) is 6. The summed E-state index contributed by atoms with van der Waals surface area (Å²) < 4.78 is 32.9. The number of nitro benzene ring substituents is 1. The lowest BCUT2D eigenvalue weighted by molar-refractivity contribution is -0.387. The monoisotopic (exact) mass is 399 g/mol. The van der Waals surface area contributed by atoms with Crippen LogP contribution < -0.4 is 4.74 Å². The summed E-state index contributed by atoms with van der Waals surface area (Å²) in [6, 6.07) is 16.6. The number of hydrogen-bond donors (Lipinski definition) is 0. The lowest BCUT2D eigenvalue weighted by Crippen LogP contribution is -2.31. The highest BCUT2D eigenvalue weighted by Gasteiger charge is 2.37. The van der Waals surface area contributed by atoms with Gasteiger partial charge in [-0.1, -0.05) is 30.3 Å². The average Bonchev–Trinajstić information content (AvgIpc) is 3.17. The van der Waals surface area contributed by atoms with Crippen LogP contribution in [0.5, 0.6) is 5.88 Å². The summed E-state index contributed by atoms with van der Waals surface area (Å²) in [5.74, 6) is 0.425. The van der Waals surface area contributed by atoms with Crippen molar-refractivity contribution in [3.63, 3.8) is 0 Å². The van der Waals surface area contributed by atoms with E-state index in [0.717, 1.165) is 10.9 Å². The Morgan fingerprint density at radius 2 is 1.82 bits per heavy atom. The van der Waals surface area contributed by atoms with Crippen molar-refractivity contribution in [1.29, 1.82) is 0 Å². The van der Waals surface area contributed by atoms with E-state index in [9.17, 15) is 18.5 Å². The predicted molar refractivity (Wildman–Crippen MR) is 103 cm³/mol. The summed E-state index contributed by atoms with van der Waals surface area (Å²) in [6.45, 7) is 0.343. The number of sulfonamides is 1. The van der Waals surface area contributed by atoms with Gasteiger partial charge in [0.25, 0.3) is 5.69 Å². The van der Waals surface area contributed by atoms with Gasteiger partial charge >= 0.3 is 0 Å². The number of fused-ring (bicyclic) bond motifs is 1. The molecular formula is C19H17N3O5S. The second kappa shape index (κ2) is 7.17. The molecule has 8 nitrogen and oxygen atoms in total. The molecule has 2 heterocycles. The van der Waals surface area contributed by atoms with Gasteiger partial charge in [0, 0.05) is 24.1 Å². The maximum atomic E-state index is 12.9. The lowest BCUT2D eigenvalue weighted by atomic mass is 10.2. The molecule has 2 aromatic carbocycles. The molecule has 0 aliphatic carbocycles. The molecule has 3 aromatic rings. The van der Waals surface area contributed by atoms with Crippen molar-refractivity contribution in [3.8, 4) is 5.88 Å². The largest absolute Gasteiger partial charge is 0.473 e. The quantitative estimate of drug-likeness (QED) is 0.483. The number of pyridine rings is 1. The standard InChI is InChI=1S/C19H17N3O5S/c23-22(24)17-7-3-4-8-18(17)28(25,26)21-12-11-15(13-21)27-19-10-9-14-5-1-2-6-16(14)20-19/h1-10,15H,11-13H2. The first-order valence-corrected chi connectivity index (χ1v) is 10.2. The fourth-order valence-electron chi connectivity index (χ4n) is 3.26. The first-order chi connectivity index (χ1) is 13.4. The minimum atomic E-state index is -3.98. The Kier molecular flexibility index (Phi) is 4.70. The molecule has 1 atom stereocenters. The van der Waals surface area contributed by atoms with E-state index in [2.05, 4.69) is 4.98 Å². The average molecular weight is 399 g/mol. The van der Waals surface area contributed by atoms with Crippen molar-refractivity contribution in [2.45, 2.75) is 17.4 Å². The first kappa shape index (κ1) is 18.3. The van der Waals surface area contributed by atoms with Crippen LogP contribution in [0.1, 0.15) is 6.42 Å². The molecule has 9 heteroatoms. The van der Waals surface area contributed by atoms with Gasteiger partial charge < -0.3 is 4.74 Å². The fourth-order valence-corrected chi connectivity index (χ4v) is 4.90. The maximum Gasteiger partial charge on any atom is 0.289 e. The van der Waals surface area contributed by atoms with Gasteiger partial charge in [0.05, 0.1) is 17.0 Å². The smallest absolute Gasteiger partial charge is 0.289 e. The molecule has 1 fully saturated rings. The Morgan fingerprint density at radius 1 is 1.07 bits per heavy atom. The zero-order valence-electron chi connectivity index (χ0n) is 14.8. The fraction of sp³-hybridized carbons (Fsp3) is 0.211. The number of nitrogens with zero attached hydrogens (tertiary/aromatic N) is 3. The van der Waals surface area contributed by atoms with Crippen molar-refractivity contribution in [2.24, 2.45) is 0 Å². The third kappa shape index (κ3) is 3.41. The number of rotatable bonds is 5. The number of benzene rings is 2. The van der Waals surface area contributed by atoms with Crippen LogP contribution in [0.15, 0.2) is 65.6 Å². The second-order valence-electron chi connectivity index (χ2n) is 6.46. The Morgan fingerprint density at radius 3 is 2.64 bits per heavy atom.